The first kappa shape index (κ1) is 17.3. The van der Waals surface area contributed by atoms with Gasteiger partial charge < -0.3 is 10.1 Å². The maximum atomic E-state index is 13.5. The monoisotopic (exact) mass is 326 g/mol. The maximum absolute atomic E-state index is 13.5. The van der Waals surface area contributed by atoms with Crippen LogP contribution in [0.4, 0.5) is 14.5 Å². The number of hydrogen-bond donors (Lipinski definition) is 1. The molecule has 2 rings (SSSR count). The number of nitrogens with zero attached hydrogens (tertiary/aromatic N) is 1. The SMILES string of the molecule is CCOC(=O)C1CCN(CC(=O)Nc2ccc(F)cc2F)CC1. The van der Waals surface area contributed by atoms with Gasteiger partial charge in [0.05, 0.1) is 24.8 Å². The Kier molecular flexibility index (Phi) is 6.04. The van der Waals surface area contributed by atoms with Crippen molar-refractivity contribution in [3.05, 3.63) is 29.8 Å². The van der Waals surface area contributed by atoms with Gasteiger partial charge in [0.25, 0.3) is 0 Å². The second-order valence-electron chi connectivity index (χ2n) is 5.47. The largest absolute Gasteiger partial charge is 0.466 e. The minimum Gasteiger partial charge on any atom is -0.466 e. The molecule has 0 saturated carbocycles. The Bertz CT molecular complexity index is 572. The summed E-state index contributed by atoms with van der Waals surface area (Å²) in [5.41, 5.74) is -0.0437. The lowest BCUT2D eigenvalue weighted by Gasteiger charge is -2.30. The summed E-state index contributed by atoms with van der Waals surface area (Å²) in [5.74, 6) is -2.18. The van der Waals surface area contributed by atoms with E-state index < -0.39 is 11.6 Å². The molecule has 23 heavy (non-hydrogen) atoms. The summed E-state index contributed by atoms with van der Waals surface area (Å²) in [6.45, 7) is 3.44. The van der Waals surface area contributed by atoms with E-state index in [9.17, 15) is 18.4 Å². The molecule has 1 amide bonds. The Hall–Kier alpha value is -2.02. The molecule has 0 aliphatic carbocycles. The van der Waals surface area contributed by atoms with Crippen molar-refractivity contribution in [3.8, 4) is 0 Å². The zero-order valence-electron chi connectivity index (χ0n) is 13.0. The van der Waals surface area contributed by atoms with E-state index in [2.05, 4.69) is 5.32 Å². The molecule has 1 saturated heterocycles. The summed E-state index contributed by atoms with van der Waals surface area (Å²) >= 11 is 0. The number of rotatable bonds is 5. The van der Waals surface area contributed by atoms with Gasteiger partial charge in [0.1, 0.15) is 11.6 Å². The van der Waals surface area contributed by atoms with Crippen LogP contribution in [0.2, 0.25) is 0 Å². The van der Waals surface area contributed by atoms with Crippen LogP contribution in [0, 0.1) is 17.6 Å². The lowest BCUT2D eigenvalue weighted by atomic mass is 9.97. The molecule has 1 N–H and O–H groups in total. The third-order valence-corrected chi connectivity index (χ3v) is 3.78. The molecule has 1 aliphatic rings. The Balaban J connectivity index is 1.79. The van der Waals surface area contributed by atoms with Crippen molar-refractivity contribution in [1.82, 2.24) is 4.90 Å². The number of carbonyl (C=O) groups is 2. The smallest absolute Gasteiger partial charge is 0.309 e. The Morgan fingerprint density at radius 2 is 2.00 bits per heavy atom. The number of halogens is 2. The molecule has 0 unspecified atom stereocenters. The number of ether oxygens (including phenoxy) is 1. The summed E-state index contributed by atoms with van der Waals surface area (Å²) in [6.07, 6.45) is 1.27. The first-order chi connectivity index (χ1) is 11.0. The van der Waals surface area contributed by atoms with Crippen LogP contribution in [0.1, 0.15) is 19.8 Å². The normalized spacial score (nSPS) is 16.1. The highest BCUT2D eigenvalue weighted by atomic mass is 19.1. The number of piperidine rings is 1. The molecular weight excluding hydrogens is 306 g/mol. The van der Waals surface area contributed by atoms with Crippen LogP contribution in [-0.2, 0) is 14.3 Å². The Labute approximate surface area is 133 Å². The lowest BCUT2D eigenvalue weighted by molar-refractivity contribution is -0.149. The van der Waals surface area contributed by atoms with Gasteiger partial charge in [-0.1, -0.05) is 0 Å². The van der Waals surface area contributed by atoms with Gasteiger partial charge in [-0.05, 0) is 45.0 Å². The number of benzene rings is 1. The maximum Gasteiger partial charge on any atom is 0.309 e. The van der Waals surface area contributed by atoms with Crippen LogP contribution in [-0.4, -0.2) is 43.0 Å². The quantitative estimate of drug-likeness (QED) is 0.843. The first-order valence-electron chi connectivity index (χ1n) is 7.63. The third-order valence-electron chi connectivity index (χ3n) is 3.78. The highest BCUT2D eigenvalue weighted by Gasteiger charge is 2.26. The van der Waals surface area contributed by atoms with Crippen molar-refractivity contribution in [3.63, 3.8) is 0 Å². The predicted octanol–water partition coefficient (Wildman–Crippen LogP) is 2.18. The second-order valence-corrected chi connectivity index (χ2v) is 5.47. The zero-order chi connectivity index (χ0) is 16.8. The van der Waals surface area contributed by atoms with Gasteiger partial charge in [-0.2, -0.15) is 0 Å². The molecule has 0 atom stereocenters. The van der Waals surface area contributed by atoms with Gasteiger partial charge in [-0.15, -0.1) is 0 Å². The molecule has 1 heterocycles. The van der Waals surface area contributed by atoms with Crippen molar-refractivity contribution in [2.24, 2.45) is 5.92 Å². The van der Waals surface area contributed by atoms with Crippen molar-refractivity contribution >= 4 is 17.6 Å². The molecule has 5 nitrogen and oxygen atoms in total. The van der Waals surface area contributed by atoms with E-state index in [-0.39, 0.29) is 30.0 Å². The fourth-order valence-corrected chi connectivity index (χ4v) is 2.57. The van der Waals surface area contributed by atoms with E-state index in [4.69, 9.17) is 4.74 Å². The van der Waals surface area contributed by atoms with Crippen LogP contribution in [0.3, 0.4) is 0 Å². The number of hydrogen-bond acceptors (Lipinski definition) is 4. The predicted molar refractivity (Wildman–Crippen MR) is 80.8 cm³/mol. The Morgan fingerprint density at radius 3 is 2.61 bits per heavy atom. The van der Waals surface area contributed by atoms with Crippen molar-refractivity contribution in [2.45, 2.75) is 19.8 Å². The van der Waals surface area contributed by atoms with Gasteiger partial charge in [-0.3, -0.25) is 14.5 Å². The third kappa shape index (κ3) is 4.99. The molecule has 0 bridgehead atoms. The molecule has 0 aromatic heterocycles. The van der Waals surface area contributed by atoms with Gasteiger partial charge >= 0.3 is 5.97 Å². The van der Waals surface area contributed by atoms with E-state index in [0.717, 1.165) is 12.1 Å². The fraction of sp³-hybridized carbons (Fsp3) is 0.500. The standard InChI is InChI=1S/C16H20F2N2O3/c1-2-23-16(22)11-5-7-20(8-6-11)10-15(21)19-14-4-3-12(17)9-13(14)18/h3-4,9,11H,2,5-8,10H2,1H3,(H,19,21). The van der Waals surface area contributed by atoms with Crippen molar-refractivity contribution in [2.75, 3.05) is 31.6 Å². The topological polar surface area (TPSA) is 58.6 Å². The highest BCUT2D eigenvalue weighted by Crippen LogP contribution is 2.19. The van der Waals surface area contributed by atoms with E-state index in [1.165, 1.54) is 6.07 Å². The van der Waals surface area contributed by atoms with Gasteiger partial charge in [-0.25, -0.2) is 8.78 Å². The van der Waals surface area contributed by atoms with Crippen LogP contribution in [0.15, 0.2) is 18.2 Å². The molecule has 7 heteroatoms. The minimum absolute atomic E-state index is 0.0437. The molecule has 1 fully saturated rings. The molecule has 0 radical (unpaired) electrons. The van der Waals surface area contributed by atoms with Crippen LogP contribution in [0.5, 0.6) is 0 Å². The summed E-state index contributed by atoms with van der Waals surface area (Å²) in [7, 11) is 0. The average molecular weight is 326 g/mol. The fourth-order valence-electron chi connectivity index (χ4n) is 2.57. The molecule has 1 aromatic rings. The summed E-state index contributed by atoms with van der Waals surface area (Å²) in [4.78, 5) is 25.5. The van der Waals surface area contributed by atoms with E-state index >= 15 is 0 Å². The summed E-state index contributed by atoms with van der Waals surface area (Å²) in [6, 6.07) is 3.00. The van der Waals surface area contributed by atoms with Crippen molar-refractivity contribution in [1.29, 1.82) is 0 Å². The summed E-state index contributed by atoms with van der Waals surface area (Å²) in [5, 5.41) is 2.43. The number of carbonyl (C=O) groups excluding carboxylic acids is 2. The molecule has 1 aromatic carbocycles. The van der Waals surface area contributed by atoms with Crippen LogP contribution in [0.25, 0.3) is 0 Å². The van der Waals surface area contributed by atoms with Crippen LogP contribution >= 0.6 is 0 Å². The minimum atomic E-state index is -0.806. The second kappa shape index (κ2) is 8.01. The number of amides is 1. The average Bonchev–Trinajstić information content (AvgIpc) is 2.51. The highest BCUT2D eigenvalue weighted by molar-refractivity contribution is 5.92. The van der Waals surface area contributed by atoms with Crippen LogP contribution < -0.4 is 5.32 Å². The van der Waals surface area contributed by atoms with Gasteiger partial charge in [0.15, 0.2) is 0 Å². The molecule has 126 valence electrons. The molecular formula is C16H20F2N2O3. The zero-order valence-corrected chi connectivity index (χ0v) is 13.0. The number of anilines is 1. The molecule has 1 aliphatic heterocycles. The number of likely N-dealkylation sites (tertiary alicyclic amines) is 1. The first-order valence-corrected chi connectivity index (χ1v) is 7.63. The van der Waals surface area contributed by atoms with E-state index in [1.54, 1.807) is 6.92 Å². The van der Waals surface area contributed by atoms with Gasteiger partial charge in [0.2, 0.25) is 5.91 Å². The van der Waals surface area contributed by atoms with Gasteiger partial charge in [0, 0.05) is 6.07 Å². The lowest BCUT2D eigenvalue weighted by Crippen LogP contribution is -2.41. The molecule has 0 spiro atoms. The number of nitrogens with one attached hydrogen (secondary N) is 1. The van der Waals surface area contributed by atoms with E-state index in [1.807, 2.05) is 4.90 Å². The number of esters is 1. The Morgan fingerprint density at radius 1 is 1.30 bits per heavy atom. The van der Waals surface area contributed by atoms with Crippen molar-refractivity contribution < 1.29 is 23.1 Å². The van der Waals surface area contributed by atoms with E-state index in [0.29, 0.717) is 32.5 Å². The summed E-state index contributed by atoms with van der Waals surface area (Å²) < 4.78 is 31.3.